The van der Waals surface area contributed by atoms with Gasteiger partial charge in [-0.1, -0.05) is 18.2 Å². The first-order chi connectivity index (χ1) is 7.15. The van der Waals surface area contributed by atoms with Crippen LogP contribution in [0.2, 0.25) is 0 Å². The van der Waals surface area contributed by atoms with Gasteiger partial charge in [0.2, 0.25) is 0 Å². The molecule has 0 saturated carbocycles. The van der Waals surface area contributed by atoms with Gasteiger partial charge >= 0.3 is 5.97 Å². The summed E-state index contributed by atoms with van der Waals surface area (Å²) in [6.45, 7) is 3.73. The number of carbonyl (C=O) groups is 1. The fourth-order valence-corrected chi connectivity index (χ4v) is 1.15. The maximum atomic E-state index is 11.4. The Bertz CT molecular complexity index is 364. The fourth-order valence-electron chi connectivity index (χ4n) is 1.15. The van der Waals surface area contributed by atoms with Crippen LogP contribution in [0.3, 0.4) is 0 Å². The van der Waals surface area contributed by atoms with E-state index >= 15 is 0 Å². The van der Waals surface area contributed by atoms with Crippen molar-refractivity contribution in [1.29, 1.82) is 0 Å². The molecule has 0 radical (unpaired) electrons. The van der Waals surface area contributed by atoms with Crippen molar-refractivity contribution in [2.24, 2.45) is 0 Å². The molecule has 0 aromatic heterocycles. The van der Waals surface area contributed by atoms with Gasteiger partial charge in [-0.2, -0.15) is 0 Å². The van der Waals surface area contributed by atoms with Gasteiger partial charge in [-0.25, -0.2) is 4.79 Å². The van der Waals surface area contributed by atoms with Crippen molar-refractivity contribution < 1.29 is 9.53 Å². The lowest BCUT2D eigenvalue weighted by Gasteiger charge is -2.10. The van der Waals surface area contributed by atoms with Crippen LogP contribution in [0, 0.1) is 0 Å². The average Bonchev–Trinajstić information content (AvgIpc) is 2.26. The van der Waals surface area contributed by atoms with Gasteiger partial charge in [-0.05, 0) is 31.6 Å². The molecule has 0 fully saturated rings. The highest BCUT2D eigenvalue weighted by molar-refractivity contribution is 5.92. The number of methoxy groups -OCH3 is 1. The second-order valence-corrected chi connectivity index (χ2v) is 3.36. The molecule has 0 amide bonds. The Morgan fingerprint density at radius 2 is 1.80 bits per heavy atom. The number of hydrogen-bond donors (Lipinski definition) is 1. The van der Waals surface area contributed by atoms with Gasteiger partial charge in [0.25, 0.3) is 0 Å². The van der Waals surface area contributed by atoms with E-state index in [0.29, 0.717) is 5.70 Å². The number of benzene rings is 1. The Morgan fingerprint density at radius 3 is 2.27 bits per heavy atom. The molecule has 1 rings (SSSR count). The van der Waals surface area contributed by atoms with E-state index in [0.717, 1.165) is 11.3 Å². The van der Waals surface area contributed by atoms with Crippen LogP contribution in [0.4, 0.5) is 5.69 Å². The molecule has 0 aliphatic carbocycles. The van der Waals surface area contributed by atoms with Crippen LogP contribution >= 0.6 is 0 Å². The minimum absolute atomic E-state index is 0.348. The van der Waals surface area contributed by atoms with Crippen molar-refractivity contribution >= 4 is 11.7 Å². The molecule has 1 aromatic rings. The monoisotopic (exact) mass is 205 g/mol. The highest BCUT2D eigenvalue weighted by Gasteiger charge is 2.10. The zero-order valence-electron chi connectivity index (χ0n) is 9.20. The number of hydrogen-bond acceptors (Lipinski definition) is 3. The van der Waals surface area contributed by atoms with E-state index in [9.17, 15) is 4.79 Å². The zero-order chi connectivity index (χ0) is 11.3. The maximum Gasteiger partial charge on any atom is 0.354 e. The van der Waals surface area contributed by atoms with E-state index in [4.69, 9.17) is 0 Å². The number of rotatable bonds is 3. The van der Waals surface area contributed by atoms with Gasteiger partial charge in [0, 0.05) is 5.69 Å². The number of nitrogens with one attached hydrogen (secondary N) is 1. The van der Waals surface area contributed by atoms with Gasteiger partial charge in [-0.15, -0.1) is 0 Å². The highest BCUT2D eigenvalue weighted by Crippen LogP contribution is 2.12. The number of para-hydroxylation sites is 1. The van der Waals surface area contributed by atoms with Crippen LogP contribution in [-0.4, -0.2) is 13.1 Å². The summed E-state index contributed by atoms with van der Waals surface area (Å²) in [4.78, 5) is 11.4. The van der Waals surface area contributed by atoms with Crippen LogP contribution in [-0.2, 0) is 9.53 Å². The molecule has 3 heteroatoms. The number of anilines is 1. The topological polar surface area (TPSA) is 38.3 Å². The van der Waals surface area contributed by atoms with Gasteiger partial charge < -0.3 is 10.1 Å². The lowest BCUT2D eigenvalue weighted by molar-refractivity contribution is -0.135. The SMILES string of the molecule is COC(=O)C(Nc1ccccc1)=C(C)C. The molecule has 0 unspecified atom stereocenters. The molecule has 1 N–H and O–H groups in total. The molecule has 0 aliphatic rings. The van der Waals surface area contributed by atoms with E-state index in [1.807, 2.05) is 44.2 Å². The molecule has 0 aliphatic heterocycles. The molecule has 3 nitrogen and oxygen atoms in total. The number of ether oxygens (including phenoxy) is 1. The first-order valence-corrected chi connectivity index (χ1v) is 4.73. The van der Waals surface area contributed by atoms with Gasteiger partial charge in [0.15, 0.2) is 0 Å². The normalized spacial score (nSPS) is 9.27. The smallest absolute Gasteiger partial charge is 0.354 e. The molecule has 80 valence electrons. The Kier molecular flexibility index (Phi) is 3.92. The fraction of sp³-hybridized carbons (Fsp3) is 0.250. The van der Waals surface area contributed by atoms with Crippen molar-refractivity contribution in [2.75, 3.05) is 12.4 Å². The number of esters is 1. The van der Waals surface area contributed by atoms with Crippen molar-refractivity contribution in [3.05, 3.63) is 41.6 Å². The Labute approximate surface area is 89.8 Å². The third-order valence-electron chi connectivity index (χ3n) is 1.93. The Balaban J connectivity index is 2.87. The summed E-state index contributed by atoms with van der Waals surface area (Å²) in [6.07, 6.45) is 0. The standard InChI is InChI=1S/C12H15NO2/c1-9(2)11(12(14)15-3)13-10-7-5-4-6-8-10/h4-8,13H,1-3H3. The summed E-state index contributed by atoms with van der Waals surface area (Å²) in [5.74, 6) is -0.348. The summed E-state index contributed by atoms with van der Waals surface area (Å²) < 4.78 is 4.69. The van der Waals surface area contributed by atoms with Crippen LogP contribution < -0.4 is 5.32 Å². The zero-order valence-corrected chi connectivity index (χ0v) is 9.20. The molecule has 1 aromatic carbocycles. The first kappa shape index (κ1) is 11.3. The van der Waals surface area contributed by atoms with Crippen LogP contribution in [0.15, 0.2) is 41.6 Å². The van der Waals surface area contributed by atoms with E-state index in [-0.39, 0.29) is 5.97 Å². The summed E-state index contributed by atoms with van der Waals surface area (Å²) in [7, 11) is 1.37. The summed E-state index contributed by atoms with van der Waals surface area (Å²) in [6, 6.07) is 9.52. The molecule has 0 atom stereocenters. The highest BCUT2D eigenvalue weighted by atomic mass is 16.5. The summed E-state index contributed by atoms with van der Waals surface area (Å²) in [5.41, 5.74) is 2.26. The van der Waals surface area contributed by atoms with Gasteiger partial charge in [0.05, 0.1) is 7.11 Å². The molecular formula is C12H15NO2. The molecule has 0 saturated heterocycles. The van der Waals surface area contributed by atoms with Gasteiger partial charge in [-0.3, -0.25) is 0 Å². The van der Waals surface area contributed by atoms with E-state index in [2.05, 4.69) is 10.1 Å². The Morgan fingerprint density at radius 1 is 1.20 bits per heavy atom. The predicted octanol–water partition coefficient (Wildman–Crippen LogP) is 2.57. The van der Waals surface area contributed by atoms with Crippen LogP contribution in [0.25, 0.3) is 0 Å². The second kappa shape index (κ2) is 5.20. The van der Waals surface area contributed by atoms with Crippen molar-refractivity contribution in [1.82, 2.24) is 0 Å². The quantitative estimate of drug-likeness (QED) is 0.608. The molecular weight excluding hydrogens is 190 g/mol. The minimum Gasteiger partial charge on any atom is -0.464 e. The van der Waals surface area contributed by atoms with Crippen LogP contribution in [0.1, 0.15) is 13.8 Å². The van der Waals surface area contributed by atoms with E-state index in [1.54, 1.807) is 0 Å². The van der Waals surface area contributed by atoms with Gasteiger partial charge in [0.1, 0.15) is 5.70 Å². The third-order valence-corrected chi connectivity index (χ3v) is 1.93. The van der Waals surface area contributed by atoms with Crippen molar-refractivity contribution in [2.45, 2.75) is 13.8 Å². The Hall–Kier alpha value is -1.77. The predicted molar refractivity (Wildman–Crippen MR) is 60.5 cm³/mol. The van der Waals surface area contributed by atoms with Crippen LogP contribution in [0.5, 0.6) is 0 Å². The van der Waals surface area contributed by atoms with E-state index in [1.165, 1.54) is 7.11 Å². The molecule has 0 spiro atoms. The molecule has 15 heavy (non-hydrogen) atoms. The summed E-state index contributed by atoms with van der Waals surface area (Å²) >= 11 is 0. The third kappa shape index (κ3) is 3.13. The first-order valence-electron chi connectivity index (χ1n) is 4.73. The second-order valence-electron chi connectivity index (χ2n) is 3.36. The lowest BCUT2D eigenvalue weighted by atomic mass is 10.2. The number of allylic oxidation sites excluding steroid dienone is 1. The number of carbonyl (C=O) groups excluding carboxylic acids is 1. The van der Waals surface area contributed by atoms with Crippen molar-refractivity contribution in [3.8, 4) is 0 Å². The van der Waals surface area contributed by atoms with Crippen molar-refractivity contribution in [3.63, 3.8) is 0 Å². The average molecular weight is 205 g/mol. The lowest BCUT2D eigenvalue weighted by Crippen LogP contribution is -2.14. The minimum atomic E-state index is -0.348. The molecule has 0 heterocycles. The molecule has 0 bridgehead atoms. The largest absolute Gasteiger partial charge is 0.464 e. The summed E-state index contributed by atoms with van der Waals surface area (Å²) in [5, 5.41) is 3.03. The van der Waals surface area contributed by atoms with E-state index < -0.39 is 0 Å². The maximum absolute atomic E-state index is 11.4.